The Balaban J connectivity index is 1.78. The van der Waals surface area contributed by atoms with E-state index < -0.39 is 5.60 Å². The number of benzene rings is 1. The van der Waals surface area contributed by atoms with Gasteiger partial charge in [-0.25, -0.2) is 4.98 Å². The third-order valence-corrected chi connectivity index (χ3v) is 4.94. The van der Waals surface area contributed by atoms with Crippen molar-refractivity contribution in [1.29, 1.82) is 0 Å². The van der Waals surface area contributed by atoms with Gasteiger partial charge in [0.05, 0.1) is 6.20 Å². The first-order chi connectivity index (χ1) is 12.4. The molecule has 1 unspecified atom stereocenters. The molecule has 1 aliphatic heterocycles. The first-order valence-electron chi connectivity index (χ1n) is 8.21. The molecule has 2 aromatic heterocycles. The van der Waals surface area contributed by atoms with Crippen molar-refractivity contribution >= 4 is 29.1 Å². The predicted octanol–water partition coefficient (Wildman–Crippen LogP) is 2.96. The van der Waals surface area contributed by atoms with E-state index in [0.29, 0.717) is 27.9 Å². The predicted molar refractivity (Wildman–Crippen MR) is 98.5 cm³/mol. The fourth-order valence-corrected chi connectivity index (χ4v) is 3.40. The molecule has 0 amide bonds. The first-order valence-corrected chi connectivity index (χ1v) is 8.59. The zero-order valence-electron chi connectivity index (χ0n) is 14.4. The van der Waals surface area contributed by atoms with Gasteiger partial charge in [0, 0.05) is 18.3 Å². The lowest BCUT2D eigenvalue weighted by Gasteiger charge is -2.24. The van der Waals surface area contributed by atoms with E-state index in [1.54, 1.807) is 19.9 Å². The van der Waals surface area contributed by atoms with Crippen LogP contribution >= 0.6 is 11.6 Å². The fourth-order valence-electron chi connectivity index (χ4n) is 3.21. The molecule has 1 aromatic carbocycles. The monoisotopic (exact) mass is 371 g/mol. The quantitative estimate of drug-likeness (QED) is 0.729. The standard InChI is InChI=1S/C18H18ClN5O2/c1-10-7-15(23-26-10)18(2,25)12-4-3-11-5-6-24(14(11)8-12)16-13(19)9-21-17(20)22-16/h3-4,7-9,25H,5-6H2,1-2H3,(H2,20,21,22). The van der Waals surface area contributed by atoms with Gasteiger partial charge in [0.2, 0.25) is 5.95 Å². The SMILES string of the molecule is Cc1cc(C(C)(O)c2ccc3c(c2)N(c2nc(N)ncc2Cl)CC3)no1. The molecule has 0 bridgehead atoms. The van der Waals surface area contributed by atoms with Gasteiger partial charge in [-0.1, -0.05) is 28.9 Å². The molecule has 7 nitrogen and oxygen atoms in total. The Kier molecular flexibility index (Phi) is 3.86. The lowest BCUT2D eigenvalue weighted by atomic mass is 9.91. The molecule has 4 rings (SSSR count). The number of aliphatic hydroxyl groups is 1. The number of rotatable bonds is 3. The molecule has 0 saturated carbocycles. The van der Waals surface area contributed by atoms with Crippen molar-refractivity contribution in [2.24, 2.45) is 0 Å². The molecule has 3 aromatic rings. The summed E-state index contributed by atoms with van der Waals surface area (Å²) in [5.41, 5.74) is 7.69. The van der Waals surface area contributed by atoms with Gasteiger partial charge in [-0.15, -0.1) is 0 Å². The van der Waals surface area contributed by atoms with Crippen LogP contribution in [-0.4, -0.2) is 26.8 Å². The van der Waals surface area contributed by atoms with Crippen LogP contribution in [0.5, 0.6) is 0 Å². The molecule has 0 radical (unpaired) electrons. The van der Waals surface area contributed by atoms with Crippen LogP contribution in [0.4, 0.5) is 17.5 Å². The summed E-state index contributed by atoms with van der Waals surface area (Å²) in [5.74, 6) is 1.37. The van der Waals surface area contributed by atoms with E-state index in [0.717, 1.165) is 24.2 Å². The molecule has 26 heavy (non-hydrogen) atoms. The number of anilines is 3. The Morgan fingerprint density at radius 1 is 1.35 bits per heavy atom. The largest absolute Gasteiger partial charge is 0.379 e. The Morgan fingerprint density at radius 2 is 2.15 bits per heavy atom. The number of aryl methyl sites for hydroxylation is 1. The second-order valence-electron chi connectivity index (χ2n) is 6.54. The highest BCUT2D eigenvalue weighted by molar-refractivity contribution is 6.33. The highest BCUT2D eigenvalue weighted by atomic mass is 35.5. The topological polar surface area (TPSA) is 101 Å². The summed E-state index contributed by atoms with van der Waals surface area (Å²) < 4.78 is 5.12. The molecule has 134 valence electrons. The molecule has 3 N–H and O–H groups in total. The molecule has 3 heterocycles. The maximum absolute atomic E-state index is 11.0. The number of nitrogens with zero attached hydrogens (tertiary/aromatic N) is 4. The molecule has 0 saturated heterocycles. The number of halogens is 1. The van der Waals surface area contributed by atoms with Crippen molar-refractivity contribution in [3.8, 4) is 0 Å². The van der Waals surface area contributed by atoms with E-state index in [1.165, 1.54) is 6.20 Å². The number of nitrogen functional groups attached to an aromatic ring is 1. The summed E-state index contributed by atoms with van der Waals surface area (Å²) in [6.07, 6.45) is 2.34. The highest BCUT2D eigenvalue weighted by Gasteiger charge is 2.32. The van der Waals surface area contributed by atoms with Crippen LogP contribution < -0.4 is 10.6 Å². The minimum Gasteiger partial charge on any atom is -0.379 e. The van der Waals surface area contributed by atoms with E-state index >= 15 is 0 Å². The van der Waals surface area contributed by atoms with Gasteiger partial charge in [0.15, 0.2) is 5.82 Å². The van der Waals surface area contributed by atoms with Gasteiger partial charge in [-0.2, -0.15) is 4.98 Å². The van der Waals surface area contributed by atoms with Gasteiger partial charge in [0.1, 0.15) is 22.1 Å². The molecular formula is C18H18ClN5O2. The van der Waals surface area contributed by atoms with Crippen molar-refractivity contribution in [2.75, 3.05) is 17.2 Å². The molecule has 1 atom stereocenters. The number of hydrogen-bond acceptors (Lipinski definition) is 7. The summed E-state index contributed by atoms with van der Waals surface area (Å²) in [6.45, 7) is 4.21. The minimum absolute atomic E-state index is 0.166. The van der Waals surface area contributed by atoms with E-state index in [-0.39, 0.29) is 5.95 Å². The van der Waals surface area contributed by atoms with Gasteiger partial charge in [0.25, 0.3) is 0 Å². The second-order valence-corrected chi connectivity index (χ2v) is 6.95. The molecule has 0 fully saturated rings. The van der Waals surface area contributed by atoms with Crippen LogP contribution in [-0.2, 0) is 12.0 Å². The zero-order valence-corrected chi connectivity index (χ0v) is 15.2. The normalized spacial score (nSPS) is 15.8. The zero-order chi connectivity index (χ0) is 18.5. The average molecular weight is 372 g/mol. The molecular weight excluding hydrogens is 354 g/mol. The van der Waals surface area contributed by atoms with Crippen LogP contribution in [0.3, 0.4) is 0 Å². The maximum Gasteiger partial charge on any atom is 0.222 e. The van der Waals surface area contributed by atoms with Crippen LogP contribution in [0.25, 0.3) is 0 Å². The van der Waals surface area contributed by atoms with E-state index in [2.05, 4.69) is 15.1 Å². The Hall–Kier alpha value is -2.64. The minimum atomic E-state index is -1.28. The number of aromatic nitrogens is 3. The van der Waals surface area contributed by atoms with Crippen LogP contribution in [0.1, 0.15) is 29.5 Å². The molecule has 8 heteroatoms. The lowest BCUT2D eigenvalue weighted by Crippen LogP contribution is -2.24. The van der Waals surface area contributed by atoms with Gasteiger partial charge < -0.3 is 20.3 Å². The first kappa shape index (κ1) is 16.8. The lowest BCUT2D eigenvalue weighted by molar-refractivity contribution is 0.0932. The number of nitrogens with two attached hydrogens (primary N) is 1. The third kappa shape index (κ3) is 2.69. The van der Waals surface area contributed by atoms with Crippen molar-refractivity contribution in [1.82, 2.24) is 15.1 Å². The van der Waals surface area contributed by atoms with Crippen molar-refractivity contribution in [2.45, 2.75) is 25.9 Å². The van der Waals surface area contributed by atoms with E-state index in [1.807, 2.05) is 23.1 Å². The Bertz CT molecular complexity index is 985. The highest BCUT2D eigenvalue weighted by Crippen LogP contribution is 2.40. The van der Waals surface area contributed by atoms with Gasteiger partial charge in [-0.05, 0) is 37.5 Å². The Morgan fingerprint density at radius 3 is 2.88 bits per heavy atom. The summed E-state index contributed by atoms with van der Waals surface area (Å²) in [7, 11) is 0. The van der Waals surface area contributed by atoms with Crippen LogP contribution in [0.15, 0.2) is 35.0 Å². The smallest absolute Gasteiger partial charge is 0.222 e. The Labute approximate surface area is 155 Å². The summed E-state index contributed by atoms with van der Waals surface area (Å²) >= 11 is 6.28. The fraction of sp³-hybridized carbons (Fsp3) is 0.278. The van der Waals surface area contributed by atoms with E-state index in [4.69, 9.17) is 21.9 Å². The molecule has 1 aliphatic rings. The maximum atomic E-state index is 11.0. The van der Waals surface area contributed by atoms with E-state index in [9.17, 15) is 5.11 Å². The summed E-state index contributed by atoms with van der Waals surface area (Å²) in [4.78, 5) is 10.2. The van der Waals surface area contributed by atoms with Gasteiger partial charge in [-0.3, -0.25) is 0 Å². The van der Waals surface area contributed by atoms with Crippen LogP contribution in [0, 0.1) is 6.92 Å². The molecule has 0 aliphatic carbocycles. The van der Waals surface area contributed by atoms with Crippen molar-refractivity contribution in [3.05, 3.63) is 58.1 Å². The average Bonchev–Trinajstić information content (AvgIpc) is 3.23. The number of hydrogen-bond donors (Lipinski definition) is 2. The van der Waals surface area contributed by atoms with Crippen molar-refractivity contribution < 1.29 is 9.63 Å². The second kappa shape index (κ2) is 5.96. The van der Waals surface area contributed by atoms with Gasteiger partial charge >= 0.3 is 0 Å². The number of fused-ring (bicyclic) bond motifs is 1. The van der Waals surface area contributed by atoms with Crippen molar-refractivity contribution in [3.63, 3.8) is 0 Å². The summed E-state index contributed by atoms with van der Waals surface area (Å²) in [6, 6.07) is 7.57. The van der Waals surface area contributed by atoms with Crippen LogP contribution in [0.2, 0.25) is 5.02 Å². The molecule has 0 spiro atoms. The summed E-state index contributed by atoms with van der Waals surface area (Å²) in [5, 5.41) is 15.4. The third-order valence-electron chi connectivity index (χ3n) is 4.67.